The van der Waals surface area contributed by atoms with Crippen molar-refractivity contribution in [3.8, 4) is 11.8 Å². The van der Waals surface area contributed by atoms with Crippen LogP contribution in [0.25, 0.3) is 0 Å². The molecule has 0 aromatic carbocycles. The highest BCUT2D eigenvalue weighted by Crippen LogP contribution is 2.38. The molecule has 0 N–H and O–H groups in total. The summed E-state index contributed by atoms with van der Waals surface area (Å²) < 4.78 is 5.76. The van der Waals surface area contributed by atoms with E-state index in [4.69, 9.17) is 10.00 Å². The molecule has 0 radical (unpaired) electrons. The highest BCUT2D eigenvalue weighted by molar-refractivity contribution is 7.12. The third kappa shape index (κ3) is 1.54. The molecule has 0 saturated carbocycles. The van der Waals surface area contributed by atoms with Gasteiger partial charge in [-0.15, -0.1) is 11.3 Å². The first kappa shape index (κ1) is 8.58. The molecule has 0 spiro atoms. The van der Waals surface area contributed by atoms with Crippen LogP contribution < -0.4 is 4.74 Å². The number of aryl methyl sites for hydroxylation is 1. The molecule has 1 aliphatic rings. The number of nitrogens with zero attached hydrogens (tertiary/aromatic N) is 1. The fraction of sp³-hybridized carbons (Fsp3) is 0.500. The molecule has 2 nitrogen and oxygen atoms in total. The standard InChI is InChI=1S/C10H11NOS/c1-10(2)4-3-9-8(12-10)5-7(6-11)13-9/h5H,3-4H2,1-2H3. The number of ether oxygens (including phenoxy) is 1. The van der Waals surface area contributed by atoms with Gasteiger partial charge in [0, 0.05) is 10.9 Å². The zero-order valence-electron chi connectivity index (χ0n) is 7.76. The third-order valence-electron chi connectivity index (χ3n) is 2.22. The molecule has 0 aliphatic carbocycles. The predicted octanol–water partition coefficient (Wildman–Crippen LogP) is 2.72. The maximum absolute atomic E-state index is 8.72. The van der Waals surface area contributed by atoms with E-state index in [0.717, 1.165) is 23.5 Å². The molecule has 0 unspecified atom stereocenters. The summed E-state index contributed by atoms with van der Waals surface area (Å²) in [5, 5.41) is 8.72. The van der Waals surface area contributed by atoms with Gasteiger partial charge in [0.1, 0.15) is 22.3 Å². The summed E-state index contributed by atoms with van der Waals surface area (Å²) in [5.41, 5.74) is -0.0687. The smallest absolute Gasteiger partial charge is 0.135 e. The van der Waals surface area contributed by atoms with Gasteiger partial charge in [-0.25, -0.2) is 0 Å². The van der Waals surface area contributed by atoms with E-state index in [-0.39, 0.29) is 5.60 Å². The fourth-order valence-corrected chi connectivity index (χ4v) is 2.37. The lowest BCUT2D eigenvalue weighted by Gasteiger charge is -2.30. The Bertz CT molecular complexity index is 373. The van der Waals surface area contributed by atoms with Gasteiger partial charge in [0.2, 0.25) is 0 Å². The average Bonchev–Trinajstić information content (AvgIpc) is 2.44. The first-order chi connectivity index (χ1) is 6.11. The van der Waals surface area contributed by atoms with E-state index in [0.29, 0.717) is 0 Å². The second-order valence-corrected chi connectivity index (χ2v) is 5.01. The SMILES string of the molecule is CC1(C)CCc2sc(C#N)cc2O1. The van der Waals surface area contributed by atoms with Crippen LogP contribution in [0.5, 0.6) is 5.75 Å². The Morgan fingerprint density at radius 1 is 1.62 bits per heavy atom. The minimum absolute atomic E-state index is 0.0687. The minimum atomic E-state index is -0.0687. The van der Waals surface area contributed by atoms with Crippen molar-refractivity contribution in [2.24, 2.45) is 0 Å². The van der Waals surface area contributed by atoms with Crippen molar-refractivity contribution in [3.05, 3.63) is 15.8 Å². The minimum Gasteiger partial charge on any atom is -0.487 e. The molecule has 13 heavy (non-hydrogen) atoms. The first-order valence-electron chi connectivity index (χ1n) is 4.32. The third-order valence-corrected chi connectivity index (χ3v) is 3.30. The maximum atomic E-state index is 8.72. The molecular formula is C10H11NOS. The summed E-state index contributed by atoms with van der Waals surface area (Å²) in [7, 11) is 0. The lowest BCUT2D eigenvalue weighted by Crippen LogP contribution is -2.31. The summed E-state index contributed by atoms with van der Waals surface area (Å²) in [5.74, 6) is 0.915. The van der Waals surface area contributed by atoms with Crippen LogP contribution in [0, 0.1) is 11.3 Å². The van der Waals surface area contributed by atoms with Crippen LogP contribution in [0.2, 0.25) is 0 Å². The molecule has 2 heterocycles. The Hall–Kier alpha value is -1.01. The van der Waals surface area contributed by atoms with Crippen molar-refractivity contribution in [1.82, 2.24) is 0 Å². The molecule has 0 atom stereocenters. The molecule has 0 saturated heterocycles. The molecule has 1 aromatic rings. The van der Waals surface area contributed by atoms with E-state index in [9.17, 15) is 0 Å². The van der Waals surface area contributed by atoms with Gasteiger partial charge in [-0.3, -0.25) is 0 Å². The molecule has 1 aliphatic heterocycles. The highest BCUT2D eigenvalue weighted by atomic mass is 32.1. The monoisotopic (exact) mass is 193 g/mol. The van der Waals surface area contributed by atoms with Gasteiger partial charge < -0.3 is 4.74 Å². The first-order valence-corrected chi connectivity index (χ1v) is 5.14. The fourth-order valence-electron chi connectivity index (χ4n) is 1.49. The van der Waals surface area contributed by atoms with Crippen LogP contribution in [0.1, 0.15) is 30.0 Å². The Labute approximate surface area is 81.8 Å². The van der Waals surface area contributed by atoms with Crippen molar-refractivity contribution < 1.29 is 4.74 Å². The van der Waals surface area contributed by atoms with E-state index in [1.807, 2.05) is 6.07 Å². The Morgan fingerprint density at radius 2 is 2.38 bits per heavy atom. The van der Waals surface area contributed by atoms with Gasteiger partial charge in [0.25, 0.3) is 0 Å². The van der Waals surface area contributed by atoms with Crippen LogP contribution in [-0.4, -0.2) is 5.60 Å². The maximum Gasteiger partial charge on any atom is 0.135 e. The second-order valence-electron chi connectivity index (χ2n) is 3.87. The van der Waals surface area contributed by atoms with Crippen LogP contribution in [-0.2, 0) is 6.42 Å². The van der Waals surface area contributed by atoms with Crippen molar-refractivity contribution >= 4 is 11.3 Å². The van der Waals surface area contributed by atoms with Gasteiger partial charge in [0.05, 0.1) is 0 Å². The zero-order valence-corrected chi connectivity index (χ0v) is 8.57. The molecule has 1 aromatic heterocycles. The van der Waals surface area contributed by atoms with Gasteiger partial charge >= 0.3 is 0 Å². The lowest BCUT2D eigenvalue weighted by molar-refractivity contribution is 0.0864. The summed E-state index contributed by atoms with van der Waals surface area (Å²) in [6.07, 6.45) is 2.07. The second kappa shape index (κ2) is 2.74. The van der Waals surface area contributed by atoms with Gasteiger partial charge in [-0.05, 0) is 26.7 Å². The van der Waals surface area contributed by atoms with Crippen LogP contribution in [0.4, 0.5) is 0 Å². The van der Waals surface area contributed by atoms with E-state index < -0.39 is 0 Å². The molecular weight excluding hydrogens is 182 g/mol. The van der Waals surface area contributed by atoms with E-state index in [1.165, 1.54) is 4.88 Å². The highest BCUT2D eigenvalue weighted by Gasteiger charge is 2.28. The van der Waals surface area contributed by atoms with Crippen LogP contribution >= 0.6 is 11.3 Å². The Morgan fingerprint density at radius 3 is 3.08 bits per heavy atom. The summed E-state index contributed by atoms with van der Waals surface area (Å²) in [6, 6.07) is 4.00. The molecule has 0 bridgehead atoms. The molecule has 2 rings (SSSR count). The topological polar surface area (TPSA) is 33.0 Å². The number of rotatable bonds is 0. The van der Waals surface area contributed by atoms with E-state index >= 15 is 0 Å². The van der Waals surface area contributed by atoms with E-state index in [2.05, 4.69) is 19.9 Å². The summed E-state index contributed by atoms with van der Waals surface area (Å²) in [6.45, 7) is 4.17. The number of nitriles is 1. The van der Waals surface area contributed by atoms with Crippen molar-refractivity contribution in [3.63, 3.8) is 0 Å². The van der Waals surface area contributed by atoms with Crippen molar-refractivity contribution in [2.45, 2.75) is 32.3 Å². The normalized spacial score (nSPS) is 18.5. The average molecular weight is 193 g/mol. The number of hydrogen-bond donors (Lipinski definition) is 0. The largest absolute Gasteiger partial charge is 0.487 e. The summed E-state index contributed by atoms with van der Waals surface area (Å²) in [4.78, 5) is 1.97. The lowest BCUT2D eigenvalue weighted by atomic mass is 9.99. The predicted molar refractivity (Wildman–Crippen MR) is 52.1 cm³/mol. The summed E-state index contributed by atoms with van der Waals surface area (Å²) >= 11 is 1.55. The molecule has 0 fully saturated rings. The number of thiophene rings is 1. The van der Waals surface area contributed by atoms with Gasteiger partial charge in [-0.1, -0.05) is 0 Å². The number of fused-ring (bicyclic) bond motifs is 1. The Kier molecular flexibility index (Phi) is 1.81. The van der Waals surface area contributed by atoms with Crippen molar-refractivity contribution in [1.29, 1.82) is 5.26 Å². The number of hydrogen-bond acceptors (Lipinski definition) is 3. The molecule has 68 valence electrons. The van der Waals surface area contributed by atoms with Gasteiger partial charge in [0.15, 0.2) is 0 Å². The van der Waals surface area contributed by atoms with Crippen LogP contribution in [0.15, 0.2) is 6.07 Å². The van der Waals surface area contributed by atoms with Crippen LogP contribution in [0.3, 0.4) is 0 Å². The van der Waals surface area contributed by atoms with E-state index in [1.54, 1.807) is 11.3 Å². The van der Waals surface area contributed by atoms with Crippen molar-refractivity contribution in [2.75, 3.05) is 0 Å². The molecule has 0 amide bonds. The van der Waals surface area contributed by atoms with Gasteiger partial charge in [-0.2, -0.15) is 5.26 Å². The molecule has 3 heteroatoms. The quantitative estimate of drug-likeness (QED) is 0.634. The Balaban J connectivity index is 2.36. The zero-order chi connectivity index (χ0) is 9.47.